The summed E-state index contributed by atoms with van der Waals surface area (Å²) in [7, 11) is 0. The molecule has 2 aliphatic rings. The standard InChI is InChI=1S/C34H50N4O5/c1-5-38(29-10-16-43-17-11-29)32-20-28(27-8-6-26(7-9-27)22-37(12-14-39)13-15-40)19-30(25(32)4)33(41)35-21-31-23(2)18-24(3)36-34(31)42/h6-9,19-20,23-24,29,31,39-40H,5,10-18,21-22H2,1-4H3,(H,35,41)(H,36,42). The van der Waals surface area contributed by atoms with Crippen LogP contribution in [0.25, 0.3) is 11.1 Å². The molecular weight excluding hydrogens is 544 g/mol. The number of anilines is 1. The molecule has 0 spiro atoms. The fourth-order valence-corrected chi connectivity index (χ4v) is 6.62. The number of nitrogens with zero attached hydrogens (tertiary/aromatic N) is 2. The molecule has 236 valence electrons. The van der Waals surface area contributed by atoms with Gasteiger partial charge in [-0.1, -0.05) is 31.2 Å². The Morgan fingerprint density at radius 1 is 1.05 bits per heavy atom. The summed E-state index contributed by atoms with van der Waals surface area (Å²) in [5.74, 6) is -0.213. The SMILES string of the molecule is CCN(c1cc(-c2ccc(CN(CCO)CCO)cc2)cc(C(=O)NCC2C(=O)NC(C)CC2C)c1C)C1CCOCC1. The number of amides is 2. The predicted molar refractivity (Wildman–Crippen MR) is 170 cm³/mol. The quantitative estimate of drug-likeness (QED) is 0.281. The molecule has 43 heavy (non-hydrogen) atoms. The van der Waals surface area contributed by atoms with Crippen molar-refractivity contribution in [3.63, 3.8) is 0 Å². The largest absolute Gasteiger partial charge is 0.395 e. The Hall–Kier alpha value is -2.98. The average Bonchev–Trinajstić information content (AvgIpc) is 2.99. The molecule has 2 saturated heterocycles. The number of aliphatic hydroxyl groups is 2. The van der Waals surface area contributed by atoms with E-state index in [1.165, 1.54) is 0 Å². The lowest BCUT2D eigenvalue weighted by Crippen LogP contribution is -2.50. The molecule has 4 rings (SSSR count). The van der Waals surface area contributed by atoms with Crippen LogP contribution in [0, 0.1) is 18.8 Å². The van der Waals surface area contributed by atoms with Crippen molar-refractivity contribution in [2.75, 3.05) is 57.5 Å². The molecule has 2 aromatic rings. The van der Waals surface area contributed by atoms with Gasteiger partial charge in [-0.05, 0) is 80.3 Å². The van der Waals surface area contributed by atoms with Crippen LogP contribution < -0.4 is 15.5 Å². The van der Waals surface area contributed by atoms with E-state index in [0.717, 1.165) is 67.0 Å². The van der Waals surface area contributed by atoms with Gasteiger partial charge in [0.15, 0.2) is 0 Å². The van der Waals surface area contributed by atoms with Crippen molar-refractivity contribution in [1.29, 1.82) is 0 Å². The monoisotopic (exact) mass is 594 g/mol. The van der Waals surface area contributed by atoms with E-state index in [1.807, 2.05) is 24.8 Å². The number of aliphatic hydroxyl groups excluding tert-OH is 2. The van der Waals surface area contributed by atoms with Gasteiger partial charge in [-0.3, -0.25) is 14.5 Å². The first-order valence-electron chi connectivity index (χ1n) is 15.9. The minimum absolute atomic E-state index is 0.00557. The van der Waals surface area contributed by atoms with Crippen molar-refractivity contribution in [3.8, 4) is 11.1 Å². The van der Waals surface area contributed by atoms with E-state index < -0.39 is 0 Å². The van der Waals surface area contributed by atoms with Gasteiger partial charge in [0.1, 0.15) is 0 Å². The van der Waals surface area contributed by atoms with Crippen LogP contribution >= 0.6 is 0 Å². The van der Waals surface area contributed by atoms with Crippen LogP contribution in [-0.2, 0) is 16.1 Å². The highest BCUT2D eigenvalue weighted by atomic mass is 16.5. The maximum absolute atomic E-state index is 13.8. The van der Waals surface area contributed by atoms with Gasteiger partial charge in [0.25, 0.3) is 5.91 Å². The van der Waals surface area contributed by atoms with Crippen molar-refractivity contribution in [3.05, 3.63) is 53.1 Å². The first-order chi connectivity index (χ1) is 20.7. The van der Waals surface area contributed by atoms with Crippen molar-refractivity contribution >= 4 is 17.5 Å². The van der Waals surface area contributed by atoms with Crippen molar-refractivity contribution in [2.24, 2.45) is 11.8 Å². The summed E-state index contributed by atoms with van der Waals surface area (Å²) in [5, 5.41) is 24.9. The molecular formula is C34H50N4O5. The first-order valence-corrected chi connectivity index (χ1v) is 15.9. The Kier molecular flexibility index (Phi) is 12.0. The zero-order valence-electron chi connectivity index (χ0n) is 26.3. The van der Waals surface area contributed by atoms with Gasteiger partial charge in [0, 0.05) is 69.3 Å². The average molecular weight is 595 g/mol. The number of nitrogens with one attached hydrogen (secondary N) is 2. The van der Waals surface area contributed by atoms with Gasteiger partial charge in [0.2, 0.25) is 5.91 Å². The Bertz CT molecular complexity index is 1210. The summed E-state index contributed by atoms with van der Waals surface area (Å²) in [6, 6.07) is 12.9. The molecule has 3 atom stereocenters. The molecule has 0 bridgehead atoms. The molecule has 0 radical (unpaired) electrons. The topological polar surface area (TPSA) is 114 Å². The van der Waals surface area contributed by atoms with Gasteiger partial charge in [-0.2, -0.15) is 0 Å². The Morgan fingerprint density at radius 2 is 1.72 bits per heavy atom. The van der Waals surface area contributed by atoms with Gasteiger partial charge < -0.3 is 30.5 Å². The summed E-state index contributed by atoms with van der Waals surface area (Å²) >= 11 is 0. The molecule has 9 heteroatoms. The number of piperidine rings is 1. The molecule has 2 aliphatic heterocycles. The maximum Gasteiger partial charge on any atom is 0.251 e. The second-order valence-corrected chi connectivity index (χ2v) is 12.2. The highest BCUT2D eigenvalue weighted by molar-refractivity contribution is 5.99. The molecule has 4 N–H and O–H groups in total. The fraction of sp³-hybridized carbons (Fsp3) is 0.588. The fourth-order valence-electron chi connectivity index (χ4n) is 6.62. The molecule has 9 nitrogen and oxygen atoms in total. The molecule has 2 amide bonds. The molecule has 0 aliphatic carbocycles. The van der Waals surface area contributed by atoms with Crippen LogP contribution in [0.1, 0.15) is 61.5 Å². The number of hydrogen-bond donors (Lipinski definition) is 4. The molecule has 2 aromatic carbocycles. The normalized spacial score (nSPS) is 21.1. The smallest absolute Gasteiger partial charge is 0.251 e. The number of carbonyl (C=O) groups excluding carboxylic acids is 2. The van der Waals surface area contributed by atoms with Gasteiger partial charge in [-0.15, -0.1) is 0 Å². The Labute approximate surface area is 256 Å². The summed E-state index contributed by atoms with van der Waals surface area (Å²) in [6.07, 6.45) is 2.79. The minimum atomic E-state index is -0.249. The highest BCUT2D eigenvalue weighted by Gasteiger charge is 2.32. The van der Waals surface area contributed by atoms with Crippen LogP contribution in [0.5, 0.6) is 0 Å². The zero-order chi connectivity index (χ0) is 30.9. The third-order valence-electron chi connectivity index (χ3n) is 9.05. The van der Waals surface area contributed by atoms with E-state index in [2.05, 4.69) is 59.7 Å². The number of benzene rings is 2. The number of rotatable bonds is 13. The van der Waals surface area contributed by atoms with Gasteiger partial charge >= 0.3 is 0 Å². The van der Waals surface area contributed by atoms with Crippen molar-refractivity contribution in [2.45, 2.75) is 65.6 Å². The summed E-state index contributed by atoms with van der Waals surface area (Å²) < 4.78 is 5.64. The van der Waals surface area contributed by atoms with E-state index in [9.17, 15) is 19.8 Å². The third-order valence-corrected chi connectivity index (χ3v) is 9.05. The Balaban J connectivity index is 1.64. The van der Waals surface area contributed by atoms with Crippen LogP contribution in [0.3, 0.4) is 0 Å². The van der Waals surface area contributed by atoms with E-state index in [-0.39, 0.29) is 42.9 Å². The third kappa shape index (κ3) is 8.35. The van der Waals surface area contributed by atoms with E-state index in [0.29, 0.717) is 37.8 Å². The molecule has 3 unspecified atom stereocenters. The number of ether oxygens (including phenoxy) is 1. The van der Waals surface area contributed by atoms with E-state index >= 15 is 0 Å². The van der Waals surface area contributed by atoms with Gasteiger partial charge in [-0.25, -0.2) is 0 Å². The van der Waals surface area contributed by atoms with Crippen LogP contribution in [-0.4, -0.2) is 91.6 Å². The second kappa shape index (κ2) is 15.7. The first kappa shape index (κ1) is 32.9. The molecule has 0 saturated carbocycles. The lowest BCUT2D eigenvalue weighted by molar-refractivity contribution is -0.129. The number of carbonyl (C=O) groups is 2. The molecule has 2 fully saturated rings. The zero-order valence-corrected chi connectivity index (χ0v) is 26.3. The van der Waals surface area contributed by atoms with Crippen LogP contribution in [0.4, 0.5) is 5.69 Å². The minimum Gasteiger partial charge on any atom is -0.395 e. The maximum atomic E-state index is 13.8. The predicted octanol–water partition coefficient (Wildman–Crippen LogP) is 3.34. The molecule has 0 aromatic heterocycles. The summed E-state index contributed by atoms with van der Waals surface area (Å²) in [5.41, 5.74) is 5.66. The van der Waals surface area contributed by atoms with Gasteiger partial charge in [0.05, 0.1) is 19.1 Å². The lowest BCUT2D eigenvalue weighted by atomic mass is 9.84. The lowest BCUT2D eigenvalue weighted by Gasteiger charge is -2.37. The summed E-state index contributed by atoms with van der Waals surface area (Å²) in [6.45, 7) is 12.6. The van der Waals surface area contributed by atoms with Crippen molar-refractivity contribution in [1.82, 2.24) is 15.5 Å². The summed E-state index contributed by atoms with van der Waals surface area (Å²) in [4.78, 5) is 30.9. The van der Waals surface area contributed by atoms with Crippen molar-refractivity contribution < 1.29 is 24.5 Å². The molecule has 2 heterocycles. The highest BCUT2D eigenvalue weighted by Crippen LogP contribution is 2.34. The number of hydrogen-bond acceptors (Lipinski definition) is 7. The van der Waals surface area contributed by atoms with E-state index in [1.54, 1.807) is 0 Å². The Morgan fingerprint density at radius 3 is 2.33 bits per heavy atom. The van der Waals surface area contributed by atoms with E-state index in [4.69, 9.17) is 4.74 Å². The van der Waals surface area contributed by atoms with Crippen LogP contribution in [0.15, 0.2) is 36.4 Å². The van der Waals surface area contributed by atoms with Crippen LogP contribution in [0.2, 0.25) is 0 Å². The second-order valence-electron chi connectivity index (χ2n) is 12.2.